The Balaban J connectivity index is 1.79. The summed E-state index contributed by atoms with van der Waals surface area (Å²) in [7, 11) is 0. The van der Waals surface area contributed by atoms with Gasteiger partial charge in [-0.05, 0) is 50.8 Å². The van der Waals surface area contributed by atoms with Crippen molar-refractivity contribution in [1.29, 1.82) is 0 Å². The van der Waals surface area contributed by atoms with Gasteiger partial charge in [0.1, 0.15) is 17.3 Å². The molecule has 0 aliphatic rings. The van der Waals surface area contributed by atoms with Crippen LogP contribution in [0.3, 0.4) is 0 Å². The first kappa shape index (κ1) is 31.2. The summed E-state index contributed by atoms with van der Waals surface area (Å²) in [5.41, 5.74) is 5.44. The Kier molecular flexibility index (Phi) is 9.42. The van der Waals surface area contributed by atoms with Crippen molar-refractivity contribution in [2.24, 2.45) is 0 Å². The standard InChI is InChI=1S/C36H41ClN2O3/c1-23(40)38-31(17-24-13-9-8-10-14-24)34(41)42-32(21-27-18-25-15-11-12-16-30(25)39-33(27)37)26-19-28(35(2,3)4)22-29(20-26)36(5,6)7/h8-16,18-20,22,31-32H,17,21H2,1-7H3,(H,38,40)/t31-,32-/m0/s1. The minimum Gasteiger partial charge on any atom is -0.456 e. The molecule has 2 atom stereocenters. The second-order valence-electron chi connectivity index (χ2n) is 13.0. The van der Waals surface area contributed by atoms with E-state index in [2.05, 4.69) is 70.0 Å². The van der Waals surface area contributed by atoms with E-state index in [1.54, 1.807) is 0 Å². The molecule has 0 fully saturated rings. The van der Waals surface area contributed by atoms with Crippen molar-refractivity contribution in [2.75, 3.05) is 0 Å². The van der Waals surface area contributed by atoms with Gasteiger partial charge in [-0.25, -0.2) is 9.78 Å². The van der Waals surface area contributed by atoms with Crippen LogP contribution in [0.1, 0.15) is 82.4 Å². The Hall–Kier alpha value is -3.70. The largest absolute Gasteiger partial charge is 0.456 e. The number of esters is 1. The topological polar surface area (TPSA) is 68.3 Å². The maximum atomic E-state index is 13.8. The molecule has 1 amide bonds. The van der Waals surface area contributed by atoms with Gasteiger partial charge in [0.05, 0.1) is 5.52 Å². The molecule has 5 nitrogen and oxygen atoms in total. The van der Waals surface area contributed by atoms with E-state index in [1.807, 2.05) is 60.7 Å². The molecule has 6 heteroatoms. The van der Waals surface area contributed by atoms with Crippen molar-refractivity contribution in [3.05, 3.63) is 112 Å². The number of amides is 1. The predicted octanol–water partition coefficient (Wildman–Crippen LogP) is 8.06. The van der Waals surface area contributed by atoms with Crippen LogP contribution in [0.4, 0.5) is 0 Å². The Morgan fingerprint density at radius 3 is 2.02 bits per heavy atom. The molecule has 0 bridgehead atoms. The number of ether oxygens (including phenoxy) is 1. The Morgan fingerprint density at radius 1 is 0.833 bits per heavy atom. The number of hydrogen-bond acceptors (Lipinski definition) is 4. The summed E-state index contributed by atoms with van der Waals surface area (Å²) in [4.78, 5) is 30.6. The summed E-state index contributed by atoms with van der Waals surface area (Å²) in [5.74, 6) is -0.793. The number of nitrogens with zero attached hydrogens (tertiary/aromatic N) is 1. The van der Waals surface area contributed by atoms with Crippen molar-refractivity contribution in [1.82, 2.24) is 10.3 Å². The van der Waals surface area contributed by atoms with Crippen LogP contribution in [-0.2, 0) is 38.0 Å². The average molecular weight is 585 g/mol. The molecule has 4 rings (SSSR count). The monoisotopic (exact) mass is 584 g/mol. The maximum absolute atomic E-state index is 13.8. The molecular weight excluding hydrogens is 544 g/mol. The summed E-state index contributed by atoms with van der Waals surface area (Å²) in [6.07, 6.45) is -0.00885. The Morgan fingerprint density at radius 2 is 1.43 bits per heavy atom. The number of nitrogens with one attached hydrogen (secondary N) is 1. The summed E-state index contributed by atoms with van der Waals surface area (Å²) in [6.45, 7) is 14.5. The van der Waals surface area contributed by atoms with E-state index in [0.29, 0.717) is 18.0 Å². The molecular formula is C36H41ClN2O3. The van der Waals surface area contributed by atoms with Gasteiger partial charge in [0.25, 0.3) is 0 Å². The number of rotatable bonds is 8. The van der Waals surface area contributed by atoms with Crippen LogP contribution in [0.2, 0.25) is 5.15 Å². The molecule has 0 saturated heterocycles. The number of aromatic nitrogens is 1. The predicted molar refractivity (Wildman–Crippen MR) is 171 cm³/mol. The van der Waals surface area contributed by atoms with Gasteiger partial charge in [-0.15, -0.1) is 0 Å². The van der Waals surface area contributed by atoms with E-state index >= 15 is 0 Å². The number of halogens is 1. The van der Waals surface area contributed by atoms with Gasteiger partial charge >= 0.3 is 5.97 Å². The highest BCUT2D eigenvalue weighted by Crippen LogP contribution is 2.35. The summed E-state index contributed by atoms with van der Waals surface area (Å²) >= 11 is 6.71. The molecule has 3 aromatic carbocycles. The van der Waals surface area contributed by atoms with Gasteiger partial charge in [0.15, 0.2) is 0 Å². The molecule has 0 aliphatic carbocycles. The minimum absolute atomic E-state index is 0.126. The van der Waals surface area contributed by atoms with Crippen LogP contribution in [0, 0.1) is 0 Å². The zero-order valence-electron chi connectivity index (χ0n) is 25.6. The van der Waals surface area contributed by atoms with Gasteiger partial charge in [0.2, 0.25) is 5.91 Å². The van der Waals surface area contributed by atoms with E-state index in [0.717, 1.165) is 38.7 Å². The number of benzene rings is 3. The molecule has 1 N–H and O–H groups in total. The van der Waals surface area contributed by atoms with Crippen LogP contribution in [0.5, 0.6) is 0 Å². The normalized spacial score (nSPS) is 13.4. The number of para-hydroxylation sites is 1. The maximum Gasteiger partial charge on any atom is 0.329 e. The minimum atomic E-state index is -0.842. The van der Waals surface area contributed by atoms with Gasteiger partial charge in [-0.3, -0.25) is 4.79 Å². The first-order chi connectivity index (χ1) is 19.7. The highest BCUT2D eigenvalue weighted by atomic mass is 35.5. The van der Waals surface area contributed by atoms with Crippen LogP contribution >= 0.6 is 11.6 Å². The first-order valence-electron chi connectivity index (χ1n) is 14.4. The van der Waals surface area contributed by atoms with Crippen molar-refractivity contribution >= 4 is 34.4 Å². The van der Waals surface area contributed by atoms with E-state index in [1.165, 1.54) is 6.92 Å². The zero-order chi connectivity index (χ0) is 30.7. The lowest BCUT2D eigenvalue weighted by atomic mass is 9.78. The molecule has 0 spiro atoms. The van der Waals surface area contributed by atoms with Gasteiger partial charge in [-0.2, -0.15) is 0 Å². The van der Waals surface area contributed by atoms with Gasteiger partial charge in [0, 0.05) is 25.2 Å². The Bertz CT molecular complexity index is 1540. The third-order valence-corrected chi connectivity index (χ3v) is 7.74. The SMILES string of the molecule is CC(=O)N[C@@H](Cc1ccccc1)C(=O)O[C@@H](Cc1cc2ccccc2nc1Cl)c1cc(C(C)(C)C)cc(C(C)(C)C)c1. The van der Waals surface area contributed by atoms with Crippen molar-refractivity contribution in [3.63, 3.8) is 0 Å². The van der Waals surface area contributed by atoms with E-state index in [4.69, 9.17) is 16.3 Å². The lowest BCUT2D eigenvalue weighted by Gasteiger charge is -2.29. The van der Waals surface area contributed by atoms with Crippen LogP contribution in [0.25, 0.3) is 10.9 Å². The molecule has 220 valence electrons. The fourth-order valence-corrected chi connectivity index (χ4v) is 5.14. The van der Waals surface area contributed by atoms with E-state index in [9.17, 15) is 9.59 Å². The third kappa shape index (κ3) is 7.98. The molecule has 0 saturated carbocycles. The molecule has 0 aliphatic heterocycles. The molecule has 42 heavy (non-hydrogen) atoms. The fourth-order valence-electron chi connectivity index (χ4n) is 4.92. The molecule has 1 heterocycles. The average Bonchev–Trinajstić information content (AvgIpc) is 2.91. The lowest BCUT2D eigenvalue weighted by molar-refractivity contribution is -0.153. The number of pyridine rings is 1. The summed E-state index contributed by atoms with van der Waals surface area (Å²) < 4.78 is 6.34. The van der Waals surface area contributed by atoms with Crippen molar-refractivity contribution in [2.45, 2.75) is 84.3 Å². The number of hydrogen-bond donors (Lipinski definition) is 1. The van der Waals surface area contributed by atoms with Gasteiger partial charge in [-0.1, -0.05) is 120 Å². The van der Waals surface area contributed by atoms with Crippen LogP contribution in [0.15, 0.2) is 78.9 Å². The van der Waals surface area contributed by atoms with Crippen LogP contribution in [-0.4, -0.2) is 22.9 Å². The summed E-state index contributed by atoms with van der Waals surface area (Å²) in [6, 6.07) is 25.1. The molecule has 4 aromatic rings. The fraction of sp³-hybridized carbons (Fsp3) is 0.361. The molecule has 0 unspecified atom stereocenters. The second-order valence-corrected chi connectivity index (χ2v) is 13.4. The van der Waals surface area contributed by atoms with Gasteiger partial charge < -0.3 is 10.1 Å². The highest BCUT2D eigenvalue weighted by Gasteiger charge is 2.29. The van der Waals surface area contributed by atoms with Crippen molar-refractivity contribution in [3.8, 4) is 0 Å². The summed E-state index contributed by atoms with van der Waals surface area (Å²) in [5, 5.41) is 4.14. The number of carbonyl (C=O) groups excluding carboxylic acids is 2. The molecule has 0 radical (unpaired) electrons. The lowest BCUT2D eigenvalue weighted by Crippen LogP contribution is -2.43. The molecule has 1 aromatic heterocycles. The number of fused-ring (bicyclic) bond motifs is 1. The second kappa shape index (κ2) is 12.7. The first-order valence-corrected chi connectivity index (χ1v) is 14.8. The quantitative estimate of drug-likeness (QED) is 0.168. The zero-order valence-corrected chi connectivity index (χ0v) is 26.4. The van der Waals surface area contributed by atoms with E-state index < -0.39 is 18.1 Å². The third-order valence-electron chi connectivity index (χ3n) is 7.42. The number of carbonyl (C=O) groups is 2. The Labute approximate surface area is 254 Å². The highest BCUT2D eigenvalue weighted by molar-refractivity contribution is 6.30. The van der Waals surface area contributed by atoms with E-state index in [-0.39, 0.29) is 16.7 Å². The van der Waals surface area contributed by atoms with Crippen LogP contribution < -0.4 is 5.32 Å². The van der Waals surface area contributed by atoms with Crippen molar-refractivity contribution < 1.29 is 14.3 Å². The smallest absolute Gasteiger partial charge is 0.329 e.